The highest BCUT2D eigenvalue weighted by molar-refractivity contribution is 5.93. The van der Waals surface area contributed by atoms with Gasteiger partial charge in [0, 0.05) is 25.2 Å². The molecule has 1 aliphatic rings. The van der Waals surface area contributed by atoms with Crippen LogP contribution in [0, 0.1) is 23.0 Å². The molecule has 9 heteroatoms. The zero-order chi connectivity index (χ0) is 17.3. The van der Waals surface area contributed by atoms with Crippen LogP contribution >= 0.6 is 0 Å². The Morgan fingerprint density at radius 3 is 2.96 bits per heavy atom. The highest BCUT2D eigenvalue weighted by Gasteiger charge is 2.29. The first-order chi connectivity index (χ1) is 11.5. The van der Waals surface area contributed by atoms with Gasteiger partial charge in [-0.25, -0.2) is 4.68 Å². The fraction of sp³-hybridized carbons (Fsp3) is 0.400. The number of amides is 1. The molecule has 1 unspecified atom stereocenters. The van der Waals surface area contributed by atoms with Gasteiger partial charge in [-0.1, -0.05) is 11.3 Å². The molecule has 1 saturated heterocycles. The molecule has 2 heterocycles. The number of hydrogen-bond donors (Lipinski definition) is 1. The fourth-order valence-electron chi connectivity index (χ4n) is 2.87. The SMILES string of the molecule is Cc1c(C(=O)N2CCC(CN)C2)nnn1-c1cccc([N+](=O)[O-])c1. The molecule has 24 heavy (non-hydrogen) atoms. The minimum atomic E-state index is -0.473. The lowest BCUT2D eigenvalue weighted by Crippen LogP contribution is -2.30. The van der Waals surface area contributed by atoms with Crippen LogP contribution in [0.4, 0.5) is 5.69 Å². The predicted molar refractivity (Wildman–Crippen MR) is 85.8 cm³/mol. The van der Waals surface area contributed by atoms with E-state index in [0.717, 1.165) is 6.42 Å². The van der Waals surface area contributed by atoms with E-state index in [-0.39, 0.29) is 17.3 Å². The minimum Gasteiger partial charge on any atom is -0.337 e. The summed E-state index contributed by atoms with van der Waals surface area (Å²) < 4.78 is 1.44. The van der Waals surface area contributed by atoms with Crippen LogP contribution in [0.15, 0.2) is 24.3 Å². The number of carbonyl (C=O) groups is 1. The van der Waals surface area contributed by atoms with Crippen LogP contribution in [0.3, 0.4) is 0 Å². The third kappa shape index (κ3) is 2.85. The van der Waals surface area contributed by atoms with Crippen molar-refractivity contribution in [2.45, 2.75) is 13.3 Å². The number of nitro groups is 1. The van der Waals surface area contributed by atoms with Gasteiger partial charge in [0.1, 0.15) is 0 Å². The Hall–Kier alpha value is -2.81. The molecule has 1 fully saturated rings. The number of non-ortho nitro benzene ring substituents is 1. The summed E-state index contributed by atoms with van der Waals surface area (Å²) in [5.41, 5.74) is 6.93. The fourth-order valence-corrected chi connectivity index (χ4v) is 2.87. The van der Waals surface area contributed by atoms with Crippen molar-refractivity contribution in [1.82, 2.24) is 19.9 Å². The third-order valence-corrected chi connectivity index (χ3v) is 4.29. The topological polar surface area (TPSA) is 120 Å². The molecule has 0 spiro atoms. The minimum absolute atomic E-state index is 0.0411. The number of nitrogens with zero attached hydrogens (tertiary/aromatic N) is 5. The van der Waals surface area contributed by atoms with Crippen molar-refractivity contribution >= 4 is 11.6 Å². The molecule has 1 aromatic carbocycles. The van der Waals surface area contributed by atoms with Crippen molar-refractivity contribution in [2.75, 3.05) is 19.6 Å². The summed E-state index contributed by atoms with van der Waals surface area (Å²) >= 11 is 0. The van der Waals surface area contributed by atoms with Crippen LogP contribution in [-0.2, 0) is 0 Å². The normalized spacial score (nSPS) is 17.2. The van der Waals surface area contributed by atoms with Crippen LogP contribution in [0.5, 0.6) is 0 Å². The first kappa shape index (κ1) is 16.1. The lowest BCUT2D eigenvalue weighted by Gasteiger charge is -2.15. The number of benzene rings is 1. The maximum absolute atomic E-state index is 12.6. The molecule has 1 amide bonds. The third-order valence-electron chi connectivity index (χ3n) is 4.29. The molecule has 2 aromatic rings. The van der Waals surface area contributed by atoms with Crippen LogP contribution in [0.1, 0.15) is 22.6 Å². The van der Waals surface area contributed by atoms with Gasteiger partial charge in [-0.3, -0.25) is 14.9 Å². The molecule has 2 N–H and O–H groups in total. The van der Waals surface area contributed by atoms with E-state index >= 15 is 0 Å². The zero-order valence-corrected chi connectivity index (χ0v) is 13.3. The Morgan fingerprint density at radius 1 is 1.50 bits per heavy atom. The van der Waals surface area contributed by atoms with E-state index in [4.69, 9.17) is 5.73 Å². The van der Waals surface area contributed by atoms with E-state index in [0.29, 0.717) is 36.9 Å². The number of nitrogens with two attached hydrogens (primary N) is 1. The van der Waals surface area contributed by atoms with Gasteiger partial charge in [-0.2, -0.15) is 0 Å². The number of likely N-dealkylation sites (tertiary alicyclic amines) is 1. The maximum atomic E-state index is 12.6. The van der Waals surface area contributed by atoms with E-state index in [9.17, 15) is 14.9 Å². The van der Waals surface area contributed by atoms with E-state index in [1.54, 1.807) is 24.0 Å². The second-order valence-corrected chi connectivity index (χ2v) is 5.85. The maximum Gasteiger partial charge on any atom is 0.276 e. The van der Waals surface area contributed by atoms with Gasteiger partial charge in [-0.05, 0) is 31.9 Å². The quantitative estimate of drug-likeness (QED) is 0.657. The second kappa shape index (κ2) is 6.36. The van der Waals surface area contributed by atoms with Crippen LogP contribution in [0.2, 0.25) is 0 Å². The molecule has 0 bridgehead atoms. The summed E-state index contributed by atoms with van der Waals surface area (Å²) in [7, 11) is 0. The van der Waals surface area contributed by atoms with Crippen molar-refractivity contribution < 1.29 is 9.72 Å². The van der Waals surface area contributed by atoms with E-state index in [1.165, 1.54) is 16.8 Å². The molecule has 3 rings (SSSR count). The second-order valence-electron chi connectivity index (χ2n) is 5.85. The highest BCUT2D eigenvalue weighted by Crippen LogP contribution is 2.21. The van der Waals surface area contributed by atoms with E-state index in [1.807, 2.05) is 0 Å². The van der Waals surface area contributed by atoms with Crippen molar-refractivity contribution in [3.63, 3.8) is 0 Å². The molecule has 0 aliphatic carbocycles. The van der Waals surface area contributed by atoms with Gasteiger partial charge in [-0.15, -0.1) is 5.10 Å². The van der Waals surface area contributed by atoms with Crippen LogP contribution < -0.4 is 5.73 Å². The molecule has 1 atom stereocenters. The first-order valence-electron chi connectivity index (χ1n) is 7.67. The lowest BCUT2D eigenvalue weighted by molar-refractivity contribution is -0.384. The van der Waals surface area contributed by atoms with Crippen molar-refractivity contribution in [3.8, 4) is 5.69 Å². The summed E-state index contributed by atoms with van der Waals surface area (Å²) in [6.45, 7) is 3.56. The molecule has 1 aromatic heterocycles. The van der Waals surface area contributed by atoms with Gasteiger partial charge in [0.2, 0.25) is 0 Å². The molecule has 0 radical (unpaired) electrons. The Kier molecular flexibility index (Phi) is 4.26. The number of nitro benzene ring substituents is 1. The summed E-state index contributed by atoms with van der Waals surface area (Å²) in [5, 5.41) is 18.9. The van der Waals surface area contributed by atoms with Gasteiger partial charge >= 0.3 is 0 Å². The smallest absolute Gasteiger partial charge is 0.276 e. The molecule has 9 nitrogen and oxygen atoms in total. The standard InChI is InChI=1S/C15H18N6O3/c1-10-14(15(22)19-6-5-11(8-16)9-19)17-18-20(10)12-3-2-4-13(7-12)21(23)24/h2-4,7,11H,5-6,8-9,16H2,1H3. The van der Waals surface area contributed by atoms with Gasteiger partial charge in [0.05, 0.1) is 16.3 Å². The summed E-state index contributed by atoms with van der Waals surface area (Å²) in [6.07, 6.45) is 0.889. The summed E-state index contributed by atoms with van der Waals surface area (Å²) in [4.78, 5) is 24.8. The van der Waals surface area contributed by atoms with Gasteiger partial charge in [0.15, 0.2) is 5.69 Å². The van der Waals surface area contributed by atoms with Crippen molar-refractivity contribution in [1.29, 1.82) is 0 Å². The molecular weight excluding hydrogens is 312 g/mol. The number of carbonyl (C=O) groups excluding carboxylic acids is 1. The summed E-state index contributed by atoms with van der Waals surface area (Å²) in [5.74, 6) is 0.140. The first-order valence-corrected chi connectivity index (χ1v) is 7.67. The lowest BCUT2D eigenvalue weighted by atomic mass is 10.1. The Balaban J connectivity index is 1.88. The van der Waals surface area contributed by atoms with E-state index < -0.39 is 4.92 Å². The zero-order valence-electron chi connectivity index (χ0n) is 13.3. The van der Waals surface area contributed by atoms with Gasteiger partial charge in [0.25, 0.3) is 11.6 Å². The van der Waals surface area contributed by atoms with Crippen LogP contribution in [-0.4, -0.2) is 50.4 Å². The highest BCUT2D eigenvalue weighted by atomic mass is 16.6. The predicted octanol–water partition coefficient (Wildman–Crippen LogP) is 0.905. The average Bonchev–Trinajstić information content (AvgIpc) is 3.21. The van der Waals surface area contributed by atoms with E-state index in [2.05, 4.69) is 10.3 Å². The molecule has 0 saturated carbocycles. The number of hydrogen-bond acceptors (Lipinski definition) is 6. The largest absolute Gasteiger partial charge is 0.337 e. The van der Waals surface area contributed by atoms with Crippen molar-refractivity contribution in [2.24, 2.45) is 11.7 Å². The van der Waals surface area contributed by atoms with Gasteiger partial charge < -0.3 is 10.6 Å². The molecule has 1 aliphatic heterocycles. The Bertz CT molecular complexity index is 787. The molecule has 126 valence electrons. The molecular formula is C15H18N6O3. The number of rotatable bonds is 4. The monoisotopic (exact) mass is 330 g/mol. The number of aromatic nitrogens is 3. The van der Waals surface area contributed by atoms with Crippen molar-refractivity contribution in [3.05, 3.63) is 45.8 Å². The Labute approximate surface area is 138 Å². The van der Waals surface area contributed by atoms with Crippen LogP contribution in [0.25, 0.3) is 5.69 Å². The summed E-state index contributed by atoms with van der Waals surface area (Å²) in [6, 6.07) is 6.06. The average molecular weight is 330 g/mol. The Morgan fingerprint density at radius 2 is 2.29 bits per heavy atom.